The highest BCUT2D eigenvalue weighted by atomic mass is 35.5. The number of halogens is 1. The van der Waals surface area contributed by atoms with Crippen molar-refractivity contribution in [3.05, 3.63) is 83.3 Å². The monoisotopic (exact) mass is 512 g/mol. The normalized spacial score (nSPS) is 18.4. The molecule has 7 rings (SSSR count). The van der Waals surface area contributed by atoms with E-state index in [2.05, 4.69) is 44.1 Å². The van der Waals surface area contributed by atoms with E-state index in [4.69, 9.17) is 21.1 Å². The average molecular weight is 513 g/mol. The first-order valence-corrected chi connectivity index (χ1v) is 12.7. The summed E-state index contributed by atoms with van der Waals surface area (Å²) in [5, 5.41) is 15.6. The van der Waals surface area contributed by atoms with E-state index in [-0.39, 0.29) is 11.8 Å². The molecule has 0 saturated carbocycles. The number of nitrogens with zero attached hydrogens (tertiary/aromatic N) is 2. The van der Waals surface area contributed by atoms with Crippen LogP contribution in [0.1, 0.15) is 36.5 Å². The third-order valence-corrected chi connectivity index (χ3v) is 7.50. The molecule has 1 fully saturated rings. The van der Waals surface area contributed by atoms with Gasteiger partial charge in [0.25, 0.3) is 0 Å². The number of phenols is 1. The number of phenolic OH excluding ortho intramolecular Hbond substituents is 1. The molecular weight excluding hydrogens is 488 g/mol. The number of fused-ring (bicyclic) bond motifs is 5. The number of hydrogen-bond acceptors (Lipinski definition) is 5. The highest BCUT2D eigenvalue weighted by Crippen LogP contribution is 2.46. The first-order valence-electron chi connectivity index (χ1n) is 12.4. The van der Waals surface area contributed by atoms with Crippen LogP contribution in [-0.4, -0.2) is 33.3 Å². The Labute approximate surface area is 218 Å². The zero-order valence-corrected chi connectivity index (χ0v) is 20.9. The molecule has 7 nitrogen and oxygen atoms in total. The van der Waals surface area contributed by atoms with E-state index in [1.807, 2.05) is 30.5 Å². The van der Waals surface area contributed by atoms with E-state index >= 15 is 0 Å². The van der Waals surface area contributed by atoms with Crippen molar-refractivity contribution < 1.29 is 14.6 Å². The second-order valence-corrected chi connectivity index (χ2v) is 10.0. The van der Waals surface area contributed by atoms with Gasteiger partial charge in [-0.2, -0.15) is 0 Å². The fraction of sp³-hybridized carbons (Fsp3) is 0.207. The van der Waals surface area contributed by atoms with Crippen LogP contribution in [-0.2, 0) is 0 Å². The van der Waals surface area contributed by atoms with E-state index in [9.17, 15) is 5.11 Å². The number of ether oxygens (including phenoxy) is 2. The smallest absolute Gasteiger partial charge is 0.203 e. The van der Waals surface area contributed by atoms with Crippen molar-refractivity contribution in [3.8, 4) is 39.8 Å². The fourth-order valence-corrected chi connectivity index (χ4v) is 5.68. The molecule has 37 heavy (non-hydrogen) atoms. The number of aromatic hydroxyl groups is 1. The van der Waals surface area contributed by atoms with E-state index < -0.39 is 6.23 Å². The quantitative estimate of drug-likeness (QED) is 0.258. The standard InChI is InChI=1S/C29H25ClN4O3/c1-36-21-11-18(10-20(35)14-21)29-34-25-7-5-19(30)9-17(25)12-26(34)22-6-4-16(13-27(22)37-29)24-15-32-28(33-24)23-3-2-8-31-23/h4-7,9-15,23,29,31,35H,2-3,8H2,1H3,(H,32,33). The lowest BCUT2D eigenvalue weighted by molar-refractivity contribution is 0.172. The van der Waals surface area contributed by atoms with Crippen molar-refractivity contribution in [1.82, 2.24) is 19.9 Å². The maximum absolute atomic E-state index is 10.4. The average Bonchev–Trinajstić information content (AvgIpc) is 3.67. The third-order valence-electron chi connectivity index (χ3n) is 7.26. The van der Waals surface area contributed by atoms with Crippen LogP contribution in [0.4, 0.5) is 0 Å². The summed E-state index contributed by atoms with van der Waals surface area (Å²) in [6.45, 7) is 1.02. The van der Waals surface area contributed by atoms with Crippen LogP contribution in [0.3, 0.4) is 0 Å². The lowest BCUT2D eigenvalue weighted by Crippen LogP contribution is -2.22. The van der Waals surface area contributed by atoms with Gasteiger partial charge < -0.3 is 29.4 Å². The minimum atomic E-state index is -0.516. The summed E-state index contributed by atoms with van der Waals surface area (Å²) in [6.07, 6.45) is 3.62. The lowest BCUT2D eigenvalue weighted by atomic mass is 10.0. The predicted molar refractivity (Wildman–Crippen MR) is 143 cm³/mol. The molecule has 0 amide bonds. The van der Waals surface area contributed by atoms with Crippen molar-refractivity contribution in [1.29, 1.82) is 0 Å². The molecule has 2 aromatic heterocycles. The number of H-pyrrole nitrogens is 1. The van der Waals surface area contributed by atoms with E-state index in [0.29, 0.717) is 10.8 Å². The summed E-state index contributed by atoms with van der Waals surface area (Å²) in [5.74, 6) is 2.39. The van der Waals surface area contributed by atoms with Gasteiger partial charge in [0.2, 0.25) is 6.23 Å². The highest BCUT2D eigenvalue weighted by Gasteiger charge is 2.30. The Morgan fingerprint density at radius 2 is 2.03 bits per heavy atom. The second-order valence-electron chi connectivity index (χ2n) is 9.58. The van der Waals surface area contributed by atoms with Gasteiger partial charge in [0, 0.05) is 33.2 Å². The van der Waals surface area contributed by atoms with Crippen molar-refractivity contribution in [2.75, 3.05) is 13.7 Å². The molecule has 2 aliphatic heterocycles. The van der Waals surface area contributed by atoms with Crippen LogP contribution in [0, 0.1) is 0 Å². The Bertz CT molecular complexity index is 1650. The summed E-state index contributed by atoms with van der Waals surface area (Å²) in [5.41, 5.74) is 5.70. The van der Waals surface area contributed by atoms with E-state index in [1.165, 1.54) is 0 Å². The molecule has 0 bridgehead atoms. The van der Waals surface area contributed by atoms with Crippen LogP contribution >= 0.6 is 11.6 Å². The van der Waals surface area contributed by atoms with Gasteiger partial charge in [0.05, 0.1) is 36.3 Å². The Balaban J connectivity index is 1.37. The van der Waals surface area contributed by atoms with Gasteiger partial charge in [-0.15, -0.1) is 0 Å². The van der Waals surface area contributed by atoms with Gasteiger partial charge in [-0.3, -0.25) is 0 Å². The lowest BCUT2D eigenvalue weighted by Gasteiger charge is -2.31. The molecule has 4 heterocycles. The third kappa shape index (κ3) is 3.74. The first kappa shape index (κ1) is 22.3. The molecule has 8 heteroatoms. The molecule has 5 aromatic rings. The molecular formula is C29H25ClN4O3. The molecule has 186 valence electrons. The minimum absolute atomic E-state index is 0.115. The molecule has 3 N–H and O–H groups in total. The molecule has 2 aliphatic rings. The maximum Gasteiger partial charge on any atom is 0.203 e. The Kier molecular flexibility index (Phi) is 5.16. The molecule has 2 atom stereocenters. The zero-order valence-electron chi connectivity index (χ0n) is 20.2. The number of hydrogen-bond donors (Lipinski definition) is 3. The van der Waals surface area contributed by atoms with Crippen molar-refractivity contribution >= 4 is 22.5 Å². The van der Waals surface area contributed by atoms with Crippen molar-refractivity contribution in [2.24, 2.45) is 0 Å². The van der Waals surface area contributed by atoms with Crippen molar-refractivity contribution in [2.45, 2.75) is 25.1 Å². The van der Waals surface area contributed by atoms with Gasteiger partial charge in [-0.05, 0) is 67.9 Å². The summed E-state index contributed by atoms with van der Waals surface area (Å²) >= 11 is 6.33. The van der Waals surface area contributed by atoms with Crippen molar-refractivity contribution in [3.63, 3.8) is 0 Å². The van der Waals surface area contributed by atoms with Gasteiger partial charge in [0.1, 0.15) is 23.1 Å². The summed E-state index contributed by atoms with van der Waals surface area (Å²) in [4.78, 5) is 8.13. The van der Waals surface area contributed by atoms with Gasteiger partial charge in [0.15, 0.2) is 0 Å². The van der Waals surface area contributed by atoms with Gasteiger partial charge >= 0.3 is 0 Å². The number of methoxy groups -OCH3 is 1. The first-order chi connectivity index (χ1) is 18.1. The molecule has 0 aliphatic carbocycles. The summed E-state index contributed by atoms with van der Waals surface area (Å²) in [7, 11) is 1.58. The van der Waals surface area contributed by atoms with Gasteiger partial charge in [-0.25, -0.2) is 4.98 Å². The summed E-state index contributed by atoms with van der Waals surface area (Å²) in [6, 6.07) is 19.7. The second kappa shape index (κ2) is 8.57. The maximum atomic E-state index is 10.4. The largest absolute Gasteiger partial charge is 0.508 e. The van der Waals surface area contributed by atoms with Crippen LogP contribution in [0.2, 0.25) is 5.02 Å². The van der Waals surface area contributed by atoms with Crippen LogP contribution < -0.4 is 14.8 Å². The number of rotatable bonds is 4. The molecule has 3 aromatic carbocycles. The molecule has 0 radical (unpaired) electrons. The van der Waals surface area contributed by atoms with Crippen LogP contribution in [0.15, 0.2) is 66.9 Å². The van der Waals surface area contributed by atoms with Crippen LogP contribution in [0.25, 0.3) is 33.4 Å². The van der Waals surface area contributed by atoms with E-state index in [1.54, 1.807) is 19.2 Å². The van der Waals surface area contributed by atoms with Crippen LogP contribution in [0.5, 0.6) is 17.2 Å². The minimum Gasteiger partial charge on any atom is -0.508 e. The topological polar surface area (TPSA) is 84.3 Å². The van der Waals surface area contributed by atoms with Gasteiger partial charge in [-0.1, -0.05) is 17.7 Å². The Morgan fingerprint density at radius 3 is 2.86 bits per heavy atom. The zero-order chi connectivity index (χ0) is 25.1. The SMILES string of the molecule is COc1cc(O)cc(C2Oc3cc(-c4cnc(C5CCCN5)[nH]4)ccc3-c3cc4cc(Cl)ccc4n32)c1. The number of aromatic nitrogens is 3. The fourth-order valence-electron chi connectivity index (χ4n) is 5.50. The number of imidazole rings is 1. The number of nitrogens with one attached hydrogen (secondary N) is 2. The number of benzene rings is 3. The Hall–Kier alpha value is -3.94. The number of aromatic amines is 1. The Morgan fingerprint density at radius 1 is 1.11 bits per heavy atom. The molecule has 1 saturated heterocycles. The molecule has 0 spiro atoms. The van der Waals surface area contributed by atoms with E-state index in [0.717, 1.165) is 69.9 Å². The summed E-state index contributed by atoms with van der Waals surface area (Å²) < 4.78 is 14.3. The predicted octanol–water partition coefficient (Wildman–Crippen LogP) is 6.43. The molecule has 2 unspecified atom stereocenters. The highest BCUT2D eigenvalue weighted by molar-refractivity contribution is 6.31.